The van der Waals surface area contributed by atoms with E-state index in [2.05, 4.69) is 42.2 Å². The molecule has 0 amide bonds. The second-order valence-electron chi connectivity index (χ2n) is 5.25. The summed E-state index contributed by atoms with van der Waals surface area (Å²) >= 11 is 12.9. The van der Waals surface area contributed by atoms with E-state index < -0.39 is 5.97 Å². The van der Waals surface area contributed by atoms with Gasteiger partial charge in [0.25, 0.3) is 0 Å². The lowest BCUT2D eigenvalue weighted by Gasteiger charge is -2.12. The predicted molar refractivity (Wildman–Crippen MR) is 108 cm³/mol. The molecule has 3 aromatic rings. The molecular formula is C17H13Br2ClN4O2. The molecule has 0 radical (unpaired) electrons. The van der Waals surface area contributed by atoms with E-state index in [0.717, 1.165) is 8.95 Å². The predicted octanol–water partition coefficient (Wildman–Crippen LogP) is 4.46. The van der Waals surface area contributed by atoms with Gasteiger partial charge in [-0.15, -0.1) is 5.10 Å². The molecular weight excluding hydrogens is 487 g/mol. The number of hydrogen-bond acceptors (Lipinski definition) is 5. The Morgan fingerprint density at radius 2 is 2.00 bits per heavy atom. The molecule has 3 rings (SSSR count). The van der Waals surface area contributed by atoms with Crippen LogP contribution in [0.3, 0.4) is 0 Å². The Hall–Kier alpha value is -1.90. The van der Waals surface area contributed by atoms with Gasteiger partial charge in [-0.05, 0) is 63.0 Å². The van der Waals surface area contributed by atoms with Gasteiger partial charge < -0.3 is 10.5 Å². The van der Waals surface area contributed by atoms with Crippen molar-refractivity contribution in [3.8, 4) is 0 Å². The molecule has 6 nitrogen and oxygen atoms in total. The van der Waals surface area contributed by atoms with Crippen LogP contribution in [0.1, 0.15) is 12.5 Å². The van der Waals surface area contributed by atoms with E-state index in [1.165, 1.54) is 4.68 Å². The van der Waals surface area contributed by atoms with Gasteiger partial charge in [-0.25, -0.2) is 9.48 Å². The van der Waals surface area contributed by atoms with E-state index >= 15 is 0 Å². The molecule has 0 spiro atoms. The zero-order valence-electron chi connectivity index (χ0n) is 13.5. The van der Waals surface area contributed by atoms with Gasteiger partial charge in [0.1, 0.15) is 5.52 Å². The Labute approximate surface area is 171 Å². The number of aromatic nitrogens is 3. The van der Waals surface area contributed by atoms with Crippen molar-refractivity contribution in [1.29, 1.82) is 0 Å². The average molecular weight is 501 g/mol. The van der Waals surface area contributed by atoms with Gasteiger partial charge in [0, 0.05) is 19.5 Å². The normalized spacial score (nSPS) is 12.2. The van der Waals surface area contributed by atoms with Crippen LogP contribution in [0.4, 0.5) is 0 Å². The summed E-state index contributed by atoms with van der Waals surface area (Å²) < 4.78 is 8.17. The lowest BCUT2D eigenvalue weighted by atomic mass is 10.1. The summed E-state index contributed by atoms with van der Waals surface area (Å²) in [5.74, 6) is -0.601. The Kier molecular flexibility index (Phi) is 5.64. The zero-order chi connectivity index (χ0) is 18.8. The molecule has 0 saturated heterocycles. The first kappa shape index (κ1) is 18.9. The Morgan fingerprint density at radius 1 is 1.27 bits per heavy atom. The number of carbonyl (C=O) groups is 1. The first-order valence-corrected chi connectivity index (χ1v) is 9.52. The van der Waals surface area contributed by atoms with E-state index in [-0.39, 0.29) is 18.0 Å². The van der Waals surface area contributed by atoms with Gasteiger partial charge in [-0.1, -0.05) is 28.9 Å². The zero-order valence-corrected chi connectivity index (χ0v) is 17.5. The van der Waals surface area contributed by atoms with Crippen molar-refractivity contribution in [1.82, 2.24) is 15.0 Å². The summed E-state index contributed by atoms with van der Waals surface area (Å²) in [6.07, 6.45) is 0. The second-order valence-corrected chi connectivity index (χ2v) is 7.39. The van der Waals surface area contributed by atoms with Crippen LogP contribution in [0.15, 0.2) is 45.3 Å². The second kappa shape index (κ2) is 7.77. The maximum absolute atomic E-state index is 12.6. The number of hydrogen-bond donors (Lipinski definition) is 1. The topological polar surface area (TPSA) is 83.0 Å². The maximum atomic E-state index is 12.6. The number of carbonyl (C=O) groups excluding carboxylic acids is 1. The van der Waals surface area contributed by atoms with Crippen molar-refractivity contribution in [2.24, 2.45) is 5.73 Å². The quantitative estimate of drug-likeness (QED) is 0.423. The summed E-state index contributed by atoms with van der Waals surface area (Å²) in [4.78, 5) is 12.6. The van der Waals surface area contributed by atoms with Crippen LogP contribution in [0.2, 0.25) is 5.02 Å². The largest absolute Gasteiger partial charge is 0.461 e. The third-order valence-electron chi connectivity index (χ3n) is 3.56. The minimum Gasteiger partial charge on any atom is -0.461 e. The summed E-state index contributed by atoms with van der Waals surface area (Å²) in [6.45, 7) is 1.92. The molecule has 0 saturated carbocycles. The fraction of sp³-hybridized carbons (Fsp3) is 0.118. The lowest BCUT2D eigenvalue weighted by Crippen LogP contribution is -2.18. The molecule has 0 aliphatic rings. The van der Waals surface area contributed by atoms with Gasteiger partial charge in [-0.2, -0.15) is 0 Å². The molecule has 0 aliphatic carbocycles. The number of ether oxygens (including phenoxy) is 1. The number of benzene rings is 2. The maximum Gasteiger partial charge on any atom is 0.359 e. The van der Waals surface area contributed by atoms with E-state index in [0.29, 0.717) is 21.6 Å². The Bertz CT molecular complexity index is 1030. The number of fused-ring (bicyclic) bond motifs is 1. The first-order chi connectivity index (χ1) is 12.4. The van der Waals surface area contributed by atoms with Crippen LogP contribution in [0.5, 0.6) is 0 Å². The first-order valence-electron chi connectivity index (χ1n) is 7.56. The monoisotopic (exact) mass is 498 g/mol. The third-order valence-corrected chi connectivity index (χ3v) is 5.64. The van der Waals surface area contributed by atoms with Gasteiger partial charge in [0.05, 0.1) is 17.8 Å². The molecule has 2 aromatic carbocycles. The van der Waals surface area contributed by atoms with Crippen LogP contribution < -0.4 is 5.73 Å². The molecule has 26 heavy (non-hydrogen) atoms. The molecule has 1 heterocycles. The van der Waals surface area contributed by atoms with Gasteiger partial charge in [0.2, 0.25) is 0 Å². The van der Waals surface area contributed by atoms with Crippen molar-refractivity contribution >= 4 is 71.9 Å². The van der Waals surface area contributed by atoms with Crippen LogP contribution in [-0.2, 0) is 9.53 Å². The summed E-state index contributed by atoms with van der Waals surface area (Å²) in [5.41, 5.74) is 8.35. The van der Waals surface area contributed by atoms with Crippen LogP contribution in [-0.4, -0.2) is 27.6 Å². The Morgan fingerprint density at radius 3 is 2.69 bits per heavy atom. The standard InChI is InChI=1S/C17H13Br2ClN4O2/c1-2-26-17(25)16(15(21)9-4-3-5-10(20)6-9)24-14-8-12(19)11(18)7-13(14)22-23-24/h3-8H,2,21H2,1H3/b16-15+. The van der Waals surface area contributed by atoms with E-state index in [9.17, 15) is 4.79 Å². The summed E-state index contributed by atoms with van der Waals surface area (Å²) in [7, 11) is 0. The van der Waals surface area contributed by atoms with E-state index in [1.807, 2.05) is 0 Å². The SMILES string of the molecule is CCOC(=O)/C(=C(\N)c1cccc(Cl)c1)n1nnc2cc(Br)c(Br)cc21. The number of halogens is 3. The van der Waals surface area contributed by atoms with Gasteiger partial charge in [0.15, 0.2) is 5.70 Å². The van der Waals surface area contributed by atoms with Crippen LogP contribution in [0.25, 0.3) is 22.4 Å². The number of esters is 1. The van der Waals surface area contributed by atoms with Crippen molar-refractivity contribution in [2.45, 2.75) is 6.92 Å². The molecule has 134 valence electrons. The number of nitrogens with two attached hydrogens (primary N) is 1. The van der Waals surface area contributed by atoms with Crippen molar-refractivity contribution < 1.29 is 9.53 Å². The minimum atomic E-state index is -0.601. The van der Waals surface area contributed by atoms with Gasteiger partial charge >= 0.3 is 5.97 Å². The molecule has 0 atom stereocenters. The highest BCUT2D eigenvalue weighted by Gasteiger charge is 2.23. The number of rotatable bonds is 4. The molecule has 1 aromatic heterocycles. The molecule has 9 heteroatoms. The van der Waals surface area contributed by atoms with Crippen LogP contribution in [0, 0.1) is 0 Å². The van der Waals surface area contributed by atoms with Crippen LogP contribution >= 0.6 is 43.5 Å². The molecule has 0 aliphatic heterocycles. The van der Waals surface area contributed by atoms with E-state index in [1.54, 1.807) is 43.3 Å². The Balaban J connectivity index is 2.27. The molecule has 0 bridgehead atoms. The van der Waals surface area contributed by atoms with Gasteiger partial charge in [-0.3, -0.25) is 0 Å². The third kappa shape index (κ3) is 3.62. The summed E-state index contributed by atoms with van der Waals surface area (Å²) in [5, 5.41) is 8.72. The molecule has 2 N–H and O–H groups in total. The fourth-order valence-electron chi connectivity index (χ4n) is 2.38. The average Bonchev–Trinajstić information content (AvgIpc) is 2.98. The summed E-state index contributed by atoms with van der Waals surface area (Å²) in [6, 6.07) is 10.5. The highest BCUT2D eigenvalue weighted by Crippen LogP contribution is 2.30. The fourth-order valence-corrected chi connectivity index (χ4v) is 3.24. The van der Waals surface area contributed by atoms with Crippen molar-refractivity contribution in [2.75, 3.05) is 6.61 Å². The molecule has 0 fully saturated rings. The van der Waals surface area contributed by atoms with Crippen molar-refractivity contribution in [3.63, 3.8) is 0 Å². The lowest BCUT2D eigenvalue weighted by molar-refractivity contribution is -0.136. The minimum absolute atomic E-state index is 0.0749. The van der Waals surface area contributed by atoms with E-state index in [4.69, 9.17) is 22.1 Å². The highest BCUT2D eigenvalue weighted by atomic mass is 79.9. The smallest absolute Gasteiger partial charge is 0.359 e. The molecule has 0 unspecified atom stereocenters. The highest BCUT2D eigenvalue weighted by molar-refractivity contribution is 9.13. The van der Waals surface area contributed by atoms with Crippen molar-refractivity contribution in [3.05, 3.63) is 55.9 Å². The number of nitrogens with zero attached hydrogens (tertiary/aromatic N) is 3.